The van der Waals surface area contributed by atoms with E-state index >= 15 is 0 Å². The maximum atomic E-state index is 12.5. The van der Waals surface area contributed by atoms with Gasteiger partial charge in [-0.05, 0) is 23.8 Å². The Labute approximate surface area is 178 Å². The molecule has 9 heteroatoms. The molecule has 5 atom stereocenters. The van der Waals surface area contributed by atoms with Crippen molar-refractivity contribution in [2.24, 2.45) is 0 Å². The molecule has 1 heterocycles. The molecular formula is C21H23ClO8. The van der Waals surface area contributed by atoms with Crippen molar-refractivity contribution in [3.63, 3.8) is 0 Å². The third-order valence-corrected chi connectivity index (χ3v) is 5.00. The Kier molecular flexibility index (Phi) is 7.65. The molecule has 0 amide bonds. The van der Waals surface area contributed by atoms with Crippen molar-refractivity contribution in [2.75, 3.05) is 13.7 Å². The lowest BCUT2D eigenvalue weighted by Gasteiger charge is -2.40. The van der Waals surface area contributed by atoms with Crippen LogP contribution in [0.4, 0.5) is 0 Å². The number of ether oxygens (including phenoxy) is 4. The molecule has 1 aliphatic rings. The van der Waals surface area contributed by atoms with Gasteiger partial charge in [-0.2, -0.15) is 0 Å². The molecule has 0 aromatic heterocycles. The topological polar surface area (TPSA) is 115 Å². The number of carbonyl (C=O) groups excluding carboxylic acids is 1. The van der Waals surface area contributed by atoms with Crippen LogP contribution in [0.5, 0.6) is 5.75 Å². The molecule has 0 aliphatic carbocycles. The number of hydrogen-bond donors (Lipinski definition) is 3. The van der Waals surface area contributed by atoms with Gasteiger partial charge in [0.05, 0.1) is 17.2 Å². The zero-order valence-electron chi connectivity index (χ0n) is 16.2. The van der Waals surface area contributed by atoms with Crippen molar-refractivity contribution in [3.8, 4) is 5.75 Å². The van der Waals surface area contributed by atoms with Gasteiger partial charge in [-0.1, -0.05) is 41.9 Å². The highest BCUT2D eigenvalue weighted by Crippen LogP contribution is 2.28. The summed E-state index contributed by atoms with van der Waals surface area (Å²) in [7, 11) is 1.29. The van der Waals surface area contributed by atoms with Crippen molar-refractivity contribution in [1.29, 1.82) is 0 Å². The Bertz CT molecular complexity index is 844. The fraction of sp³-hybridized carbons (Fsp3) is 0.381. The second kappa shape index (κ2) is 10.2. The number of benzene rings is 2. The van der Waals surface area contributed by atoms with E-state index in [2.05, 4.69) is 0 Å². The van der Waals surface area contributed by atoms with Gasteiger partial charge >= 0.3 is 5.97 Å². The summed E-state index contributed by atoms with van der Waals surface area (Å²) in [6, 6.07) is 13.9. The minimum absolute atomic E-state index is 0.118. The van der Waals surface area contributed by atoms with Crippen LogP contribution in [0.1, 0.15) is 15.9 Å². The summed E-state index contributed by atoms with van der Waals surface area (Å²) in [5.74, 6) is -0.398. The number of aliphatic hydroxyl groups is 3. The van der Waals surface area contributed by atoms with E-state index in [-0.39, 0.29) is 10.6 Å². The quantitative estimate of drug-likeness (QED) is 0.557. The molecule has 0 saturated carbocycles. The first-order chi connectivity index (χ1) is 14.4. The lowest BCUT2D eigenvalue weighted by molar-refractivity contribution is -0.293. The second-order valence-electron chi connectivity index (χ2n) is 6.73. The van der Waals surface area contributed by atoms with Crippen molar-refractivity contribution in [1.82, 2.24) is 0 Å². The number of aliphatic hydroxyl groups excluding tert-OH is 3. The molecule has 0 unspecified atom stereocenters. The van der Waals surface area contributed by atoms with E-state index in [1.54, 1.807) is 6.07 Å². The molecule has 2 aromatic rings. The Morgan fingerprint density at radius 2 is 1.87 bits per heavy atom. The summed E-state index contributed by atoms with van der Waals surface area (Å²) in [5.41, 5.74) is 1.08. The van der Waals surface area contributed by atoms with Gasteiger partial charge in [-0.25, -0.2) is 4.79 Å². The molecule has 1 saturated heterocycles. The molecule has 1 aliphatic heterocycles. The molecule has 162 valence electrons. The maximum absolute atomic E-state index is 12.5. The Balaban J connectivity index is 1.67. The van der Waals surface area contributed by atoms with Gasteiger partial charge in [0.15, 0.2) is 12.4 Å². The molecule has 0 bridgehead atoms. The average molecular weight is 439 g/mol. The van der Waals surface area contributed by atoms with Crippen molar-refractivity contribution >= 4 is 17.6 Å². The smallest absolute Gasteiger partial charge is 0.338 e. The highest BCUT2D eigenvalue weighted by Gasteiger charge is 2.46. The molecular weight excluding hydrogens is 416 g/mol. The van der Waals surface area contributed by atoms with Gasteiger partial charge in [-0.3, -0.25) is 0 Å². The highest BCUT2D eigenvalue weighted by molar-refractivity contribution is 6.32. The lowest BCUT2D eigenvalue weighted by Crippen LogP contribution is -2.60. The normalized spacial score (nSPS) is 26.2. The van der Waals surface area contributed by atoms with Crippen LogP contribution < -0.4 is 4.74 Å². The van der Waals surface area contributed by atoms with E-state index in [0.29, 0.717) is 12.4 Å². The van der Waals surface area contributed by atoms with E-state index in [1.165, 1.54) is 19.2 Å². The summed E-state index contributed by atoms with van der Waals surface area (Å²) in [6.45, 7) is -0.214. The molecule has 3 rings (SSSR count). The van der Waals surface area contributed by atoms with Crippen molar-refractivity contribution in [3.05, 3.63) is 64.7 Å². The van der Waals surface area contributed by atoms with Crippen LogP contribution >= 0.6 is 11.6 Å². The van der Waals surface area contributed by atoms with Gasteiger partial charge in [-0.15, -0.1) is 0 Å². The summed E-state index contributed by atoms with van der Waals surface area (Å²) in [6.07, 6.45) is -6.47. The van der Waals surface area contributed by atoms with Gasteiger partial charge in [0, 0.05) is 7.11 Å². The third kappa shape index (κ3) is 5.10. The van der Waals surface area contributed by atoms with Gasteiger partial charge in [0.2, 0.25) is 0 Å². The predicted molar refractivity (Wildman–Crippen MR) is 106 cm³/mol. The molecule has 3 N–H and O–H groups in total. The summed E-state index contributed by atoms with van der Waals surface area (Å²) in [5, 5.41) is 29.7. The predicted octanol–water partition coefficient (Wildman–Crippen LogP) is 1.53. The Hall–Kier alpha value is -2.20. The molecule has 30 heavy (non-hydrogen) atoms. The summed E-state index contributed by atoms with van der Waals surface area (Å²) < 4.78 is 21.4. The second-order valence-corrected chi connectivity index (χ2v) is 7.14. The molecule has 8 nitrogen and oxygen atoms in total. The standard InChI is InChI=1S/C21H23ClO8/c1-27-21-19(18(25)17(24)16(10-23)29-21)30-20(26)13-7-8-15(14(22)9-13)28-11-12-5-3-2-4-6-12/h2-9,16-19,21,23-25H,10-11H2,1H3/t16-,17-,18+,19-,21+/m1/s1. The fourth-order valence-electron chi connectivity index (χ4n) is 3.04. The van der Waals surface area contributed by atoms with Crippen LogP contribution in [0, 0.1) is 0 Å². The van der Waals surface area contributed by atoms with E-state index in [4.69, 9.17) is 30.5 Å². The van der Waals surface area contributed by atoms with Crippen LogP contribution in [0.3, 0.4) is 0 Å². The first-order valence-corrected chi connectivity index (χ1v) is 9.65. The third-order valence-electron chi connectivity index (χ3n) is 4.70. The SMILES string of the molecule is CO[C@H]1O[C@H](CO)[C@@H](O)[C@H](O)[C@H]1OC(=O)c1ccc(OCc2ccccc2)c(Cl)c1. The van der Waals surface area contributed by atoms with Gasteiger partial charge in [0.25, 0.3) is 0 Å². The van der Waals surface area contributed by atoms with Crippen LogP contribution in [-0.4, -0.2) is 65.7 Å². The minimum atomic E-state index is -1.51. The number of halogens is 1. The molecule has 0 radical (unpaired) electrons. The van der Waals surface area contributed by atoms with Crippen LogP contribution in [0.15, 0.2) is 48.5 Å². The monoisotopic (exact) mass is 438 g/mol. The fourth-order valence-corrected chi connectivity index (χ4v) is 3.28. The van der Waals surface area contributed by atoms with E-state index in [1.807, 2.05) is 30.3 Å². The molecule has 0 spiro atoms. The molecule has 2 aromatic carbocycles. The minimum Gasteiger partial charge on any atom is -0.487 e. The van der Waals surface area contributed by atoms with Crippen molar-refractivity contribution < 1.29 is 39.1 Å². The first kappa shape index (κ1) is 22.5. The van der Waals surface area contributed by atoms with Gasteiger partial charge < -0.3 is 34.3 Å². The lowest BCUT2D eigenvalue weighted by atomic mass is 9.99. The van der Waals surface area contributed by atoms with E-state index in [9.17, 15) is 20.1 Å². The summed E-state index contributed by atoms with van der Waals surface area (Å²) >= 11 is 6.23. The number of carbonyl (C=O) groups is 1. The maximum Gasteiger partial charge on any atom is 0.338 e. The van der Waals surface area contributed by atoms with Crippen LogP contribution in [0.25, 0.3) is 0 Å². The number of esters is 1. The van der Waals surface area contributed by atoms with E-state index in [0.717, 1.165) is 5.56 Å². The zero-order valence-corrected chi connectivity index (χ0v) is 16.9. The Morgan fingerprint density at radius 1 is 1.13 bits per heavy atom. The van der Waals surface area contributed by atoms with Gasteiger partial charge in [0.1, 0.15) is 30.7 Å². The highest BCUT2D eigenvalue weighted by atomic mass is 35.5. The Morgan fingerprint density at radius 3 is 2.50 bits per heavy atom. The molecule has 1 fully saturated rings. The average Bonchev–Trinajstić information content (AvgIpc) is 2.77. The largest absolute Gasteiger partial charge is 0.487 e. The number of hydrogen-bond acceptors (Lipinski definition) is 8. The summed E-state index contributed by atoms with van der Waals surface area (Å²) in [4.78, 5) is 12.5. The van der Waals surface area contributed by atoms with Crippen molar-refractivity contribution in [2.45, 2.75) is 37.3 Å². The first-order valence-electron chi connectivity index (χ1n) is 9.27. The number of rotatable bonds is 7. The van der Waals surface area contributed by atoms with E-state index < -0.39 is 43.3 Å². The number of methoxy groups -OCH3 is 1. The van der Waals surface area contributed by atoms with Crippen LogP contribution in [0.2, 0.25) is 5.02 Å². The zero-order chi connectivity index (χ0) is 21.7. The van der Waals surface area contributed by atoms with Crippen LogP contribution in [-0.2, 0) is 20.8 Å².